The molecule has 4 heteroatoms. The number of carbonyl (C=O) groups is 1. The molecule has 0 fully saturated rings. The summed E-state index contributed by atoms with van der Waals surface area (Å²) in [6.45, 7) is -0.331. The van der Waals surface area contributed by atoms with Gasteiger partial charge in [-0.1, -0.05) is 12.8 Å². The Balaban J connectivity index is 3.17. The number of alkyl halides is 1. The zero-order valence-corrected chi connectivity index (χ0v) is 6.42. The maximum atomic E-state index is 11.5. The van der Waals surface area contributed by atoms with Crippen LogP contribution in [0.25, 0.3) is 0 Å². The average Bonchev–Trinajstić information content (AvgIpc) is 1.97. The van der Waals surface area contributed by atoms with E-state index in [0.29, 0.717) is 19.3 Å². The first kappa shape index (κ1) is 10.4. The van der Waals surface area contributed by atoms with Gasteiger partial charge in [0.1, 0.15) is 6.04 Å². The van der Waals surface area contributed by atoms with E-state index < -0.39 is 12.0 Å². The largest absolute Gasteiger partial charge is 0.480 e. The number of hydrogen-bond donors (Lipinski definition) is 2. The highest BCUT2D eigenvalue weighted by Crippen LogP contribution is 2.02. The molecule has 0 aliphatic heterocycles. The lowest BCUT2D eigenvalue weighted by molar-refractivity contribution is -0.138. The fourth-order valence-corrected chi connectivity index (χ4v) is 0.759. The number of nitrogens with two attached hydrogens (primary N) is 1. The number of carboxylic acids is 1. The van der Waals surface area contributed by atoms with Gasteiger partial charge >= 0.3 is 5.97 Å². The molecule has 1 atom stereocenters. The molecule has 0 aliphatic rings. The maximum Gasteiger partial charge on any atom is 0.320 e. The molecule has 66 valence electrons. The zero-order chi connectivity index (χ0) is 8.69. The number of rotatable bonds is 6. The van der Waals surface area contributed by atoms with Crippen LogP contribution < -0.4 is 5.73 Å². The van der Waals surface area contributed by atoms with Gasteiger partial charge in [-0.15, -0.1) is 0 Å². The first-order chi connectivity index (χ1) is 5.18. The van der Waals surface area contributed by atoms with Crippen molar-refractivity contribution in [2.75, 3.05) is 6.67 Å². The van der Waals surface area contributed by atoms with Crippen molar-refractivity contribution in [3.8, 4) is 0 Å². The quantitative estimate of drug-likeness (QED) is 0.572. The molecule has 11 heavy (non-hydrogen) atoms. The minimum Gasteiger partial charge on any atom is -0.480 e. The van der Waals surface area contributed by atoms with E-state index in [-0.39, 0.29) is 6.67 Å². The lowest BCUT2D eigenvalue weighted by atomic mass is 10.1. The Labute approximate surface area is 65.4 Å². The second kappa shape index (κ2) is 6.09. The SMILES string of the molecule is NC(CCCCCF)C(=O)O. The fraction of sp³-hybridized carbons (Fsp3) is 0.857. The van der Waals surface area contributed by atoms with E-state index in [9.17, 15) is 9.18 Å². The van der Waals surface area contributed by atoms with Gasteiger partial charge in [0.05, 0.1) is 6.67 Å². The predicted octanol–water partition coefficient (Wildman–Crippen LogP) is 0.928. The summed E-state index contributed by atoms with van der Waals surface area (Å²) in [4.78, 5) is 10.2. The van der Waals surface area contributed by atoms with Crippen LogP contribution in [-0.4, -0.2) is 23.8 Å². The molecule has 3 N–H and O–H groups in total. The monoisotopic (exact) mass is 163 g/mol. The van der Waals surface area contributed by atoms with Crippen LogP contribution in [0.5, 0.6) is 0 Å². The van der Waals surface area contributed by atoms with E-state index in [2.05, 4.69) is 0 Å². The second-order valence-corrected chi connectivity index (χ2v) is 2.48. The van der Waals surface area contributed by atoms with Crippen LogP contribution in [0.1, 0.15) is 25.7 Å². The van der Waals surface area contributed by atoms with Crippen molar-refractivity contribution in [3.05, 3.63) is 0 Å². The average molecular weight is 163 g/mol. The number of unbranched alkanes of at least 4 members (excludes halogenated alkanes) is 2. The lowest BCUT2D eigenvalue weighted by Gasteiger charge is -2.03. The van der Waals surface area contributed by atoms with Crippen molar-refractivity contribution in [2.45, 2.75) is 31.7 Å². The van der Waals surface area contributed by atoms with Crippen LogP contribution in [0.15, 0.2) is 0 Å². The van der Waals surface area contributed by atoms with Crippen molar-refractivity contribution in [2.24, 2.45) is 5.73 Å². The van der Waals surface area contributed by atoms with Crippen molar-refractivity contribution < 1.29 is 14.3 Å². The third kappa shape index (κ3) is 5.79. The molecule has 0 amide bonds. The van der Waals surface area contributed by atoms with E-state index in [1.165, 1.54) is 0 Å². The predicted molar refractivity (Wildman–Crippen MR) is 40.1 cm³/mol. The molecule has 0 spiro atoms. The molecular weight excluding hydrogens is 149 g/mol. The Morgan fingerprint density at radius 3 is 2.55 bits per heavy atom. The molecule has 0 saturated heterocycles. The summed E-state index contributed by atoms with van der Waals surface area (Å²) in [6, 6.07) is -0.783. The normalized spacial score (nSPS) is 12.9. The highest BCUT2D eigenvalue weighted by molar-refractivity contribution is 5.72. The molecule has 0 radical (unpaired) electrons. The highest BCUT2D eigenvalue weighted by Gasteiger charge is 2.09. The molecule has 0 heterocycles. The Morgan fingerprint density at radius 2 is 2.09 bits per heavy atom. The van der Waals surface area contributed by atoms with E-state index >= 15 is 0 Å². The topological polar surface area (TPSA) is 63.3 Å². The van der Waals surface area contributed by atoms with Crippen LogP contribution >= 0.6 is 0 Å². The van der Waals surface area contributed by atoms with Crippen LogP contribution in [0, 0.1) is 0 Å². The minimum atomic E-state index is -0.981. The number of aliphatic carboxylic acids is 1. The van der Waals surface area contributed by atoms with Crippen LogP contribution in [-0.2, 0) is 4.79 Å². The number of halogens is 1. The molecule has 0 rings (SSSR count). The number of carboxylic acid groups (broad SMARTS) is 1. The van der Waals surface area contributed by atoms with Gasteiger partial charge in [-0.3, -0.25) is 9.18 Å². The molecule has 0 aromatic rings. The van der Waals surface area contributed by atoms with E-state index in [1.54, 1.807) is 0 Å². The summed E-state index contributed by atoms with van der Waals surface area (Å²) in [5, 5.41) is 8.34. The van der Waals surface area contributed by atoms with Crippen LogP contribution in [0.2, 0.25) is 0 Å². The molecule has 0 aliphatic carbocycles. The molecule has 0 saturated carbocycles. The van der Waals surface area contributed by atoms with Gasteiger partial charge in [0.25, 0.3) is 0 Å². The second-order valence-electron chi connectivity index (χ2n) is 2.48. The third-order valence-electron chi connectivity index (χ3n) is 1.47. The summed E-state index contributed by atoms with van der Waals surface area (Å²) in [5.41, 5.74) is 5.21. The van der Waals surface area contributed by atoms with Crippen LogP contribution in [0.4, 0.5) is 4.39 Å². The van der Waals surface area contributed by atoms with E-state index in [1.807, 2.05) is 0 Å². The maximum absolute atomic E-state index is 11.5. The Morgan fingerprint density at radius 1 is 1.45 bits per heavy atom. The molecule has 0 aromatic heterocycles. The van der Waals surface area contributed by atoms with Gasteiger partial charge in [0.15, 0.2) is 0 Å². The van der Waals surface area contributed by atoms with Gasteiger partial charge in [-0.2, -0.15) is 0 Å². The summed E-state index contributed by atoms with van der Waals surface area (Å²) in [5.74, 6) is -0.981. The molecule has 0 bridgehead atoms. The van der Waals surface area contributed by atoms with E-state index in [4.69, 9.17) is 10.8 Å². The Bertz CT molecular complexity index is 119. The van der Waals surface area contributed by atoms with Gasteiger partial charge in [0, 0.05) is 0 Å². The standard InChI is InChI=1S/C7H14FNO2/c8-5-3-1-2-4-6(9)7(10)11/h6H,1-5,9H2,(H,10,11). The lowest BCUT2D eigenvalue weighted by Crippen LogP contribution is -2.29. The van der Waals surface area contributed by atoms with Gasteiger partial charge < -0.3 is 10.8 Å². The third-order valence-corrected chi connectivity index (χ3v) is 1.47. The Hall–Kier alpha value is -0.640. The van der Waals surface area contributed by atoms with Crippen LogP contribution in [0.3, 0.4) is 0 Å². The van der Waals surface area contributed by atoms with Crippen molar-refractivity contribution in [3.63, 3.8) is 0 Å². The molecule has 3 nitrogen and oxygen atoms in total. The minimum absolute atomic E-state index is 0.331. The van der Waals surface area contributed by atoms with Crippen molar-refractivity contribution in [1.82, 2.24) is 0 Å². The van der Waals surface area contributed by atoms with Crippen molar-refractivity contribution >= 4 is 5.97 Å². The van der Waals surface area contributed by atoms with Gasteiger partial charge in [0.2, 0.25) is 0 Å². The summed E-state index contributed by atoms with van der Waals surface area (Å²) < 4.78 is 11.5. The number of hydrogen-bond acceptors (Lipinski definition) is 2. The van der Waals surface area contributed by atoms with E-state index in [0.717, 1.165) is 6.42 Å². The van der Waals surface area contributed by atoms with Crippen molar-refractivity contribution in [1.29, 1.82) is 0 Å². The summed E-state index contributed by atoms with van der Waals surface area (Å²) >= 11 is 0. The molecule has 1 unspecified atom stereocenters. The van der Waals surface area contributed by atoms with Gasteiger partial charge in [-0.05, 0) is 12.8 Å². The molecule has 0 aromatic carbocycles. The molecular formula is C7H14FNO2. The first-order valence-corrected chi connectivity index (χ1v) is 3.73. The Kier molecular flexibility index (Phi) is 5.74. The zero-order valence-electron chi connectivity index (χ0n) is 6.42. The van der Waals surface area contributed by atoms with Gasteiger partial charge in [-0.25, -0.2) is 0 Å². The highest BCUT2D eigenvalue weighted by atomic mass is 19.1. The fourth-order valence-electron chi connectivity index (χ4n) is 0.759. The smallest absolute Gasteiger partial charge is 0.320 e. The first-order valence-electron chi connectivity index (χ1n) is 3.73. The summed E-state index contributed by atoms with van der Waals surface area (Å²) in [7, 11) is 0. The summed E-state index contributed by atoms with van der Waals surface area (Å²) in [6.07, 6.45) is 2.36.